The molecule has 0 saturated carbocycles. The number of likely N-dealkylation sites (tertiary alicyclic amines) is 1. The zero-order valence-corrected chi connectivity index (χ0v) is 18.2. The van der Waals surface area contributed by atoms with Crippen molar-refractivity contribution >= 4 is 34.7 Å². The number of Topliss-reactive ketones (excluding diaryl/α,β-unsaturated/α-hetero) is 1. The van der Waals surface area contributed by atoms with Crippen LogP contribution >= 0.6 is 11.6 Å². The molecule has 1 aromatic carbocycles. The topological polar surface area (TPSA) is 84.1 Å². The Hall–Kier alpha value is -3.16. The number of ether oxygens (including phenoxy) is 1. The number of hydrogen-bond acceptors (Lipinski definition) is 5. The number of benzene rings is 1. The average molecular weight is 440 g/mol. The van der Waals surface area contributed by atoms with Gasteiger partial charge in [0, 0.05) is 24.9 Å². The van der Waals surface area contributed by atoms with Gasteiger partial charge < -0.3 is 19.1 Å². The molecule has 7 nitrogen and oxygen atoms in total. The molecule has 1 atom stereocenters. The highest BCUT2D eigenvalue weighted by atomic mass is 35.5. The van der Waals surface area contributed by atoms with Crippen molar-refractivity contribution in [3.05, 3.63) is 75.7 Å². The monoisotopic (exact) mass is 439 g/mol. The van der Waals surface area contributed by atoms with Crippen LogP contribution in [0.25, 0.3) is 11.4 Å². The Labute approximate surface area is 184 Å². The summed E-state index contributed by atoms with van der Waals surface area (Å²) in [5.74, 6) is -1.73. The number of imidazole rings is 1. The summed E-state index contributed by atoms with van der Waals surface area (Å²) in [6, 6.07) is 9.90. The Kier molecular flexibility index (Phi) is 5.56. The van der Waals surface area contributed by atoms with Gasteiger partial charge in [0.2, 0.25) is 0 Å². The maximum atomic E-state index is 13.0. The molecule has 4 rings (SSSR count). The molecule has 1 amide bonds. The van der Waals surface area contributed by atoms with Crippen LogP contribution in [0.5, 0.6) is 0 Å². The second-order valence-corrected chi connectivity index (χ2v) is 7.90. The Morgan fingerprint density at radius 3 is 2.55 bits per heavy atom. The lowest BCUT2D eigenvalue weighted by Gasteiger charge is -2.25. The van der Waals surface area contributed by atoms with Gasteiger partial charge in [0.15, 0.2) is 5.76 Å². The van der Waals surface area contributed by atoms with E-state index in [1.807, 2.05) is 36.6 Å². The molecule has 1 aliphatic rings. The summed E-state index contributed by atoms with van der Waals surface area (Å²) in [7, 11) is 1.52. The van der Waals surface area contributed by atoms with Crippen molar-refractivity contribution in [2.45, 2.75) is 19.9 Å². The van der Waals surface area contributed by atoms with E-state index in [1.165, 1.54) is 12.0 Å². The van der Waals surface area contributed by atoms with Gasteiger partial charge in [-0.05, 0) is 43.2 Å². The maximum absolute atomic E-state index is 13.0. The van der Waals surface area contributed by atoms with Crippen LogP contribution in [0, 0.1) is 13.8 Å². The third-order valence-corrected chi connectivity index (χ3v) is 5.82. The molecule has 160 valence electrons. The molecule has 8 heteroatoms. The number of aromatic nitrogens is 2. The van der Waals surface area contributed by atoms with Crippen molar-refractivity contribution in [2.75, 3.05) is 20.3 Å². The van der Waals surface area contributed by atoms with Crippen molar-refractivity contribution in [1.29, 1.82) is 0 Å². The first kappa shape index (κ1) is 21.1. The minimum atomic E-state index is -0.766. The van der Waals surface area contributed by atoms with E-state index in [0.29, 0.717) is 21.9 Å². The zero-order chi connectivity index (χ0) is 22.3. The molecule has 0 spiro atoms. The van der Waals surface area contributed by atoms with Crippen LogP contribution in [0.2, 0.25) is 5.02 Å². The van der Waals surface area contributed by atoms with Gasteiger partial charge in [0.05, 0.1) is 23.9 Å². The number of amides is 1. The van der Waals surface area contributed by atoms with Gasteiger partial charge in [-0.1, -0.05) is 29.8 Å². The number of pyridine rings is 1. The first-order chi connectivity index (χ1) is 14.8. The van der Waals surface area contributed by atoms with Gasteiger partial charge in [-0.15, -0.1) is 0 Å². The Bertz CT molecular complexity index is 1210. The van der Waals surface area contributed by atoms with Gasteiger partial charge >= 0.3 is 0 Å². The van der Waals surface area contributed by atoms with Crippen LogP contribution in [-0.4, -0.2) is 51.3 Å². The lowest BCUT2D eigenvalue weighted by atomic mass is 9.96. The van der Waals surface area contributed by atoms with Crippen LogP contribution in [0.3, 0.4) is 0 Å². The summed E-state index contributed by atoms with van der Waals surface area (Å²) in [5, 5.41) is 11.8. The lowest BCUT2D eigenvalue weighted by Crippen LogP contribution is -2.32. The molecule has 1 aliphatic heterocycles. The number of hydrogen-bond donors (Lipinski definition) is 1. The number of fused-ring (bicyclic) bond motifs is 1. The minimum Gasteiger partial charge on any atom is -0.505 e. The molecule has 0 bridgehead atoms. The van der Waals surface area contributed by atoms with E-state index >= 15 is 0 Å². The third kappa shape index (κ3) is 3.49. The fourth-order valence-corrected chi connectivity index (χ4v) is 4.09. The van der Waals surface area contributed by atoms with E-state index in [0.717, 1.165) is 5.56 Å². The number of carbonyl (C=O) groups is 2. The number of nitrogens with zero attached hydrogens (tertiary/aromatic N) is 3. The van der Waals surface area contributed by atoms with Crippen LogP contribution in [0.4, 0.5) is 0 Å². The first-order valence-electron chi connectivity index (χ1n) is 9.82. The fraction of sp³-hybridized carbons (Fsp3) is 0.261. The number of ketones is 1. The highest BCUT2D eigenvalue weighted by Gasteiger charge is 2.46. The van der Waals surface area contributed by atoms with Crippen molar-refractivity contribution in [1.82, 2.24) is 14.3 Å². The maximum Gasteiger partial charge on any atom is 0.295 e. The number of aliphatic hydroxyl groups is 1. The minimum absolute atomic E-state index is 0.00702. The van der Waals surface area contributed by atoms with Crippen LogP contribution < -0.4 is 0 Å². The number of aliphatic hydroxyl groups excluding tert-OH is 1. The molecule has 1 unspecified atom stereocenters. The zero-order valence-electron chi connectivity index (χ0n) is 17.4. The van der Waals surface area contributed by atoms with Gasteiger partial charge in [0.25, 0.3) is 11.7 Å². The Balaban J connectivity index is 1.93. The molecular weight excluding hydrogens is 418 g/mol. The molecule has 3 aromatic rings. The van der Waals surface area contributed by atoms with Gasteiger partial charge in [-0.2, -0.15) is 0 Å². The summed E-state index contributed by atoms with van der Waals surface area (Å²) in [6.45, 7) is 4.19. The van der Waals surface area contributed by atoms with Crippen LogP contribution in [-0.2, 0) is 14.3 Å². The van der Waals surface area contributed by atoms with E-state index < -0.39 is 17.7 Å². The van der Waals surface area contributed by atoms with Gasteiger partial charge in [0.1, 0.15) is 11.3 Å². The Morgan fingerprint density at radius 2 is 1.90 bits per heavy atom. The second kappa shape index (κ2) is 8.17. The van der Waals surface area contributed by atoms with Crippen LogP contribution in [0.15, 0.2) is 48.2 Å². The molecular formula is C23H22ClN3O4. The summed E-state index contributed by atoms with van der Waals surface area (Å²) >= 11 is 6.03. The summed E-state index contributed by atoms with van der Waals surface area (Å²) in [5.41, 5.74) is 3.23. The second-order valence-electron chi connectivity index (χ2n) is 7.47. The highest BCUT2D eigenvalue weighted by Crippen LogP contribution is 2.40. The van der Waals surface area contributed by atoms with Crippen molar-refractivity contribution in [3.8, 4) is 0 Å². The van der Waals surface area contributed by atoms with E-state index in [2.05, 4.69) is 4.98 Å². The van der Waals surface area contributed by atoms with Crippen LogP contribution in [0.1, 0.15) is 28.6 Å². The van der Waals surface area contributed by atoms with Gasteiger partial charge in [-0.25, -0.2) is 4.98 Å². The first-order valence-corrected chi connectivity index (χ1v) is 10.2. The number of aryl methyl sites for hydroxylation is 2. The predicted octanol–water partition coefficient (Wildman–Crippen LogP) is 3.67. The molecule has 31 heavy (non-hydrogen) atoms. The third-order valence-electron chi connectivity index (χ3n) is 5.57. The fourth-order valence-electron chi connectivity index (χ4n) is 3.97. The van der Waals surface area contributed by atoms with Crippen molar-refractivity contribution < 1.29 is 19.4 Å². The van der Waals surface area contributed by atoms with E-state index in [-0.39, 0.29) is 30.2 Å². The molecule has 3 heterocycles. The highest BCUT2D eigenvalue weighted by molar-refractivity contribution is 6.46. The largest absolute Gasteiger partial charge is 0.505 e. The molecule has 1 saturated heterocycles. The van der Waals surface area contributed by atoms with Gasteiger partial charge in [-0.3, -0.25) is 9.59 Å². The lowest BCUT2D eigenvalue weighted by molar-refractivity contribution is -0.140. The van der Waals surface area contributed by atoms with Crippen molar-refractivity contribution in [3.63, 3.8) is 0 Å². The van der Waals surface area contributed by atoms with Crippen molar-refractivity contribution in [2.24, 2.45) is 0 Å². The summed E-state index contributed by atoms with van der Waals surface area (Å²) in [6.07, 6.45) is 1.84. The molecule has 0 aliphatic carbocycles. The number of methoxy groups -OCH3 is 1. The number of carbonyl (C=O) groups excluding carboxylic acids is 2. The smallest absolute Gasteiger partial charge is 0.295 e. The molecule has 2 aromatic heterocycles. The summed E-state index contributed by atoms with van der Waals surface area (Å²) < 4.78 is 6.97. The molecule has 1 N–H and O–H groups in total. The number of halogens is 1. The normalized spacial score (nSPS) is 18.3. The van der Waals surface area contributed by atoms with E-state index in [4.69, 9.17) is 16.3 Å². The summed E-state index contributed by atoms with van der Waals surface area (Å²) in [4.78, 5) is 31.9. The molecule has 1 fully saturated rings. The molecule has 0 radical (unpaired) electrons. The standard InChI is InChI=1S/C23H22ClN3O4/c1-13-5-4-10-26-14(2)18(25-22(13)26)20(28)17-19(15-6-8-16(24)9-7-15)27(11-12-31-3)23(30)21(17)29/h4-10,19,28H,11-12H2,1-3H3/b20-17+. The van der Waals surface area contributed by atoms with E-state index in [1.54, 1.807) is 24.3 Å². The number of rotatable bonds is 5. The van der Waals surface area contributed by atoms with E-state index in [9.17, 15) is 14.7 Å². The average Bonchev–Trinajstić information content (AvgIpc) is 3.22. The predicted molar refractivity (Wildman–Crippen MR) is 117 cm³/mol. The Morgan fingerprint density at radius 1 is 1.19 bits per heavy atom. The quantitative estimate of drug-likeness (QED) is 0.372. The SMILES string of the molecule is COCCN1C(=O)C(=O)/C(=C(/O)c2nc3c(C)cccn3c2C)C1c1ccc(Cl)cc1.